The smallest absolute Gasteiger partial charge is 0.416 e. The van der Waals surface area contributed by atoms with E-state index in [4.69, 9.17) is 0 Å². The third-order valence-corrected chi connectivity index (χ3v) is 5.82. The number of halogens is 3. The van der Waals surface area contributed by atoms with Gasteiger partial charge in [-0.25, -0.2) is 0 Å². The van der Waals surface area contributed by atoms with Crippen LogP contribution in [0.2, 0.25) is 0 Å². The summed E-state index contributed by atoms with van der Waals surface area (Å²) in [7, 11) is 1.35. The number of aromatic nitrogens is 2. The van der Waals surface area contributed by atoms with Crippen LogP contribution >= 0.6 is 0 Å². The van der Waals surface area contributed by atoms with Crippen molar-refractivity contribution in [2.24, 2.45) is 5.92 Å². The standard InChI is InChI=1S/C23H22F3N3O3/c1-32-19(30)12-14-10-17(11-14)27-22(31)21-20-15(3-2-4-18(20)28-29-21)9-13-5-7-16(8-6-13)23(24,25)26/h2-8,14,17H,9-12H2,1H3,(H,27,31)(H,28,29). The first-order chi connectivity index (χ1) is 15.2. The van der Waals surface area contributed by atoms with Crippen LogP contribution in [-0.4, -0.2) is 35.2 Å². The van der Waals surface area contributed by atoms with Gasteiger partial charge in [0.2, 0.25) is 0 Å². The predicted octanol–water partition coefficient (Wildman–Crippen LogP) is 4.24. The van der Waals surface area contributed by atoms with Crippen molar-refractivity contribution in [2.45, 2.75) is 37.9 Å². The number of carbonyl (C=O) groups excluding carboxylic acids is 2. The molecule has 1 aliphatic rings. The average molecular weight is 445 g/mol. The van der Waals surface area contributed by atoms with Gasteiger partial charge in [0.15, 0.2) is 5.69 Å². The number of hydrogen-bond donors (Lipinski definition) is 2. The van der Waals surface area contributed by atoms with Crippen molar-refractivity contribution in [2.75, 3.05) is 7.11 Å². The van der Waals surface area contributed by atoms with E-state index >= 15 is 0 Å². The fourth-order valence-electron chi connectivity index (χ4n) is 4.08. The molecule has 1 heterocycles. The van der Waals surface area contributed by atoms with Gasteiger partial charge in [0.05, 0.1) is 18.2 Å². The van der Waals surface area contributed by atoms with E-state index in [-0.39, 0.29) is 29.5 Å². The van der Waals surface area contributed by atoms with E-state index in [0.29, 0.717) is 42.1 Å². The second-order valence-electron chi connectivity index (χ2n) is 8.07. The molecular weight excluding hydrogens is 423 g/mol. The average Bonchev–Trinajstić information content (AvgIpc) is 3.17. The Kier molecular flexibility index (Phi) is 5.90. The minimum absolute atomic E-state index is 0.0361. The maximum atomic E-state index is 12.9. The summed E-state index contributed by atoms with van der Waals surface area (Å²) in [5.74, 6) is -0.387. The molecule has 6 nitrogen and oxygen atoms in total. The van der Waals surface area contributed by atoms with Gasteiger partial charge >= 0.3 is 12.1 Å². The van der Waals surface area contributed by atoms with Crippen LogP contribution in [0.1, 0.15) is 46.4 Å². The zero-order valence-electron chi connectivity index (χ0n) is 17.3. The summed E-state index contributed by atoms with van der Waals surface area (Å²) >= 11 is 0. The number of benzene rings is 2. The lowest BCUT2D eigenvalue weighted by Gasteiger charge is -2.35. The molecule has 3 aromatic rings. The Morgan fingerprint density at radius 2 is 1.88 bits per heavy atom. The molecule has 0 radical (unpaired) electrons. The number of carbonyl (C=O) groups is 2. The van der Waals surface area contributed by atoms with Gasteiger partial charge < -0.3 is 10.1 Å². The molecule has 9 heteroatoms. The minimum atomic E-state index is -4.38. The molecular formula is C23H22F3N3O3. The number of esters is 1. The van der Waals surface area contributed by atoms with Crippen LogP contribution in [0.15, 0.2) is 42.5 Å². The Labute approximate surface area is 182 Å². The first-order valence-electron chi connectivity index (χ1n) is 10.2. The van der Waals surface area contributed by atoms with Crippen molar-refractivity contribution in [3.63, 3.8) is 0 Å². The van der Waals surface area contributed by atoms with Crippen LogP contribution in [0, 0.1) is 5.92 Å². The number of hydrogen-bond acceptors (Lipinski definition) is 4. The van der Waals surface area contributed by atoms with Gasteiger partial charge in [-0.3, -0.25) is 14.7 Å². The van der Waals surface area contributed by atoms with E-state index < -0.39 is 11.7 Å². The Balaban J connectivity index is 1.48. The number of nitrogens with zero attached hydrogens (tertiary/aromatic N) is 1. The first kappa shape index (κ1) is 21.9. The van der Waals surface area contributed by atoms with Crippen LogP contribution in [-0.2, 0) is 22.1 Å². The van der Waals surface area contributed by atoms with Crippen LogP contribution < -0.4 is 5.32 Å². The van der Waals surface area contributed by atoms with Gasteiger partial charge in [0.25, 0.3) is 5.91 Å². The number of H-pyrrole nitrogens is 1. The van der Waals surface area contributed by atoms with E-state index in [0.717, 1.165) is 17.7 Å². The third-order valence-electron chi connectivity index (χ3n) is 5.82. The lowest BCUT2D eigenvalue weighted by atomic mass is 9.78. The molecule has 2 aromatic carbocycles. The maximum Gasteiger partial charge on any atom is 0.416 e. The summed E-state index contributed by atoms with van der Waals surface area (Å²) in [6.07, 6.45) is -2.29. The van der Waals surface area contributed by atoms with Crippen LogP contribution in [0.25, 0.3) is 10.9 Å². The molecule has 1 aliphatic carbocycles. The summed E-state index contributed by atoms with van der Waals surface area (Å²) in [5, 5.41) is 10.6. The minimum Gasteiger partial charge on any atom is -0.469 e. The first-order valence-corrected chi connectivity index (χ1v) is 10.2. The third kappa shape index (κ3) is 4.61. The molecule has 0 unspecified atom stereocenters. The Hall–Kier alpha value is -3.36. The molecule has 2 N–H and O–H groups in total. The summed E-state index contributed by atoms with van der Waals surface area (Å²) in [5.41, 5.74) is 1.71. The predicted molar refractivity (Wildman–Crippen MR) is 111 cm³/mol. The molecule has 0 spiro atoms. The quantitative estimate of drug-likeness (QED) is 0.556. The molecule has 0 aliphatic heterocycles. The number of methoxy groups -OCH3 is 1. The summed E-state index contributed by atoms with van der Waals surface area (Å²) in [6.45, 7) is 0. The number of aromatic amines is 1. The van der Waals surface area contributed by atoms with Crippen LogP contribution in [0.3, 0.4) is 0 Å². The number of amides is 1. The molecule has 1 fully saturated rings. The lowest BCUT2D eigenvalue weighted by molar-refractivity contribution is -0.142. The molecule has 1 saturated carbocycles. The molecule has 0 atom stereocenters. The highest BCUT2D eigenvalue weighted by molar-refractivity contribution is 6.06. The normalized spacial score (nSPS) is 18.2. The topological polar surface area (TPSA) is 84.1 Å². The maximum absolute atomic E-state index is 12.9. The van der Waals surface area contributed by atoms with Crippen molar-refractivity contribution < 1.29 is 27.5 Å². The molecule has 0 saturated heterocycles. The van der Waals surface area contributed by atoms with Crippen molar-refractivity contribution in [1.82, 2.24) is 15.5 Å². The highest BCUT2D eigenvalue weighted by atomic mass is 19.4. The molecule has 32 heavy (non-hydrogen) atoms. The molecule has 1 aromatic heterocycles. The number of alkyl halides is 3. The van der Waals surface area contributed by atoms with Gasteiger partial charge in [-0.1, -0.05) is 24.3 Å². The second-order valence-corrected chi connectivity index (χ2v) is 8.07. The van der Waals surface area contributed by atoms with Crippen molar-refractivity contribution >= 4 is 22.8 Å². The molecule has 168 valence electrons. The van der Waals surface area contributed by atoms with E-state index in [1.807, 2.05) is 12.1 Å². The van der Waals surface area contributed by atoms with Gasteiger partial charge in [-0.15, -0.1) is 0 Å². The molecule has 4 rings (SSSR count). The Bertz CT molecular complexity index is 1130. The highest BCUT2D eigenvalue weighted by Crippen LogP contribution is 2.32. The van der Waals surface area contributed by atoms with Gasteiger partial charge in [0.1, 0.15) is 0 Å². The van der Waals surface area contributed by atoms with E-state index in [9.17, 15) is 22.8 Å². The number of nitrogens with one attached hydrogen (secondary N) is 2. The van der Waals surface area contributed by atoms with Crippen molar-refractivity contribution in [3.05, 3.63) is 64.8 Å². The van der Waals surface area contributed by atoms with Gasteiger partial charge in [-0.2, -0.15) is 18.3 Å². The SMILES string of the molecule is COC(=O)CC1CC(NC(=O)c2n[nH]c3cccc(Cc4ccc(C(F)(F)F)cc4)c23)C1. The van der Waals surface area contributed by atoms with E-state index in [1.165, 1.54) is 19.2 Å². The summed E-state index contributed by atoms with van der Waals surface area (Å²) < 4.78 is 43.1. The largest absolute Gasteiger partial charge is 0.469 e. The summed E-state index contributed by atoms with van der Waals surface area (Å²) in [6, 6.07) is 10.4. The number of fused-ring (bicyclic) bond motifs is 1. The Morgan fingerprint density at radius 1 is 1.16 bits per heavy atom. The number of rotatable bonds is 6. The molecule has 0 bridgehead atoms. The van der Waals surface area contributed by atoms with Crippen molar-refractivity contribution in [3.8, 4) is 0 Å². The van der Waals surface area contributed by atoms with Crippen molar-refractivity contribution in [1.29, 1.82) is 0 Å². The summed E-state index contributed by atoms with van der Waals surface area (Å²) in [4.78, 5) is 24.2. The molecule has 1 amide bonds. The van der Waals surface area contributed by atoms with E-state index in [2.05, 4.69) is 20.3 Å². The second kappa shape index (κ2) is 8.64. The monoisotopic (exact) mass is 445 g/mol. The zero-order valence-corrected chi connectivity index (χ0v) is 17.3. The fourth-order valence-corrected chi connectivity index (χ4v) is 4.08. The van der Waals surface area contributed by atoms with E-state index in [1.54, 1.807) is 6.07 Å². The van der Waals surface area contributed by atoms with Crippen LogP contribution in [0.4, 0.5) is 13.2 Å². The zero-order chi connectivity index (χ0) is 22.9. The van der Waals surface area contributed by atoms with Gasteiger partial charge in [-0.05, 0) is 54.5 Å². The number of ether oxygens (including phenoxy) is 1. The Morgan fingerprint density at radius 3 is 2.53 bits per heavy atom. The van der Waals surface area contributed by atoms with Gasteiger partial charge in [0, 0.05) is 17.8 Å². The lowest BCUT2D eigenvalue weighted by Crippen LogP contribution is -2.45. The van der Waals surface area contributed by atoms with Crippen LogP contribution in [0.5, 0.6) is 0 Å². The highest BCUT2D eigenvalue weighted by Gasteiger charge is 2.33. The fraction of sp³-hybridized carbons (Fsp3) is 0.348.